The molecular weight excluding hydrogens is 308 g/mol. The zero-order valence-electron chi connectivity index (χ0n) is 13.0. The minimum absolute atomic E-state index is 0.0838. The van der Waals surface area contributed by atoms with Crippen LogP contribution in [0.2, 0.25) is 0 Å². The van der Waals surface area contributed by atoms with E-state index in [1.54, 1.807) is 18.5 Å². The number of piperidine rings is 1. The Morgan fingerprint density at radius 3 is 2.62 bits per heavy atom. The van der Waals surface area contributed by atoms with Gasteiger partial charge in [0.15, 0.2) is 11.5 Å². The molecule has 0 atom stereocenters. The minimum atomic E-state index is -0.185. The second-order valence-corrected chi connectivity index (χ2v) is 5.78. The van der Waals surface area contributed by atoms with Crippen molar-refractivity contribution in [3.8, 4) is 0 Å². The Balaban J connectivity index is 1.71. The first kappa shape index (κ1) is 14.6. The topological polar surface area (TPSA) is 109 Å². The largest absolute Gasteiger partial charge is 0.429 e. The first-order valence-corrected chi connectivity index (χ1v) is 7.90. The van der Waals surface area contributed by atoms with Crippen molar-refractivity contribution in [1.29, 1.82) is 0 Å². The standard InChI is InChI=1S/C15H16N8O/c24-15(22-13-11-12(19-9-18-11)20-10-21-13)23(7-2-1-3-8-23)14-16-5-4-6-17-14/h4-6,9-10H,1-3,7-8H2,(H-,18,19,20,21,22,24)/p+1. The third kappa shape index (κ3) is 2.38. The van der Waals surface area contributed by atoms with E-state index in [0.29, 0.717) is 36.0 Å². The van der Waals surface area contributed by atoms with Gasteiger partial charge in [-0.25, -0.2) is 19.7 Å². The van der Waals surface area contributed by atoms with Gasteiger partial charge < -0.3 is 4.98 Å². The normalized spacial score (nSPS) is 16.8. The van der Waals surface area contributed by atoms with Gasteiger partial charge in [0.05, 0.1) is 19.4 Å². The summed E-state index contributed by atoms with van der Waals surface area (Å²) >= 11 is 0. The van der Waals surface area contributed by atoms with Gasteiger partial charge in [-0.3, -0.25) is 5.32 Å². The van der Waals surface area contributed by atoms with Gasteiger partial charge in [-0.05, 0) is 25.3 Å². The van der Waals surface area contributed by atoms with E-state index in [1.165, 1.54) is 12.7 Å². The number of carbonyl (C=O) groups is 1. The Hall–Kier alpha value is -2.94. The number of fused-ring (bicyclic) bond motifs is 1. The summed E-state index contributed by atoms with van der Waals surface area (Å²) in [6.45, 7) is 1.35. The van der Waals surface area contributed by atoms with Crippen LogP contribution in [0.25, 0.3) is 11.2 Å². The molecule has 0 aromatic carbocycles. The molecule has 0 spiro atoms. The number of H-pyrrole nitrogens is 1. The lowest BCUT2D eigenvalue weighted by atomic mass is 10.1. The third-order valence-electron chi connectivity index (χ3n) is 4.35. The van der Waals surface area contributed by atoms with Crippen molar-refractivity contribution < 1.29 is 4.79 Å². The number of urea groups is 1. The quantitative estimate of drug-likeness (QED) is 0.696. The zero-order chi connectivity index (χ0) is 16.4. The van der Waals surface area contributed by atoms with Gasteiger partial charge in [0.2, 0.25) is 0 Å². The molecule has 9 nitrogen and oxygen atoms in total. The number of hydrogen-bond donors (Lipinski definition) is 2. The molecule has 3 aromatic rings. The Morgan fingerprint density at radius 1 is 1.04 bits per heavy atom. The summed E-state index contributed by atoms with van der Waals surface area (Å²) in [6, 6.07) is 1.57. The minimum Gasteiger partial charge on any atom is -0.340 e. The van der Waals surface area contributed by atoms with Crippen LogP contribution in [0.15, 0.2) is 31.1 Å². The van der Waals surface area contributed by atoms with Gasteiger partial charge in [-0.15, -0.1) is 0 Å². The fraction of sp³-hybridized carbons (Fsp3) is 0.333. The molecule has 1 fully saturated rings. The number of nitrogens with zero attached hydrogens (tertiary/aromatic N) is 6. The van der Waals surface area contributed by atoms with Gasteiger partial charge in [0.25, 0.3) is 0 Å². The molecule has 0 saturated carbocycles. The highest BCUT2D eigenvalue weighted by molar-refractivity contribution is 6.00. The fourth-order valence-corrected chi connectivity index (χ4v) is 3.13. The highest BCUT2D eigenvalue weighted by Gasteiger charge is 2.43. The van der Waals surface area contributed by atoms with E-state index in [-0.39, 0.29) is 10.5 Å². The van der Waals surface area contributed by atoms with Crippen LogP contribution in [0.1, 0.15) is 19.3 Å². The molecule has 0 bridgehead atoms. The number of rotatable bonds is 2. The van der Waals surface area contributed by atoms with Crippen molar-refractivity contribution >= 4 is 29.0 Å². The molecule has 0 aliphatic carbocycles. The first-order valence-electron chi connectivity index (χ1n) is 7.90. The van der Waals surface area contributed by atoms with Gasteiger partial charge in [0.1, 0.15) is 11.8 Å². The molecule has 4 heterocycles. The van der Waals surface area contributed by atoms with E-state index in [0.717, 1.165) is 19.3 Å². The van der Waals surface area contributed by atoms with Crippen LogP contribution in [-0.2, 0) is 0 Å². The Kier molecular flexibility index (Phi) is 3.62. The summed E-state index contributed by atoms with van der Waals surface area (Å²) in [4.78, 5) is 37.1. The maximum atomic E-state index is 13.1. The Bertz CT molecular complexity index is 856. The van der Waals surface area contributed by atoms with Gasteiger partial charge >= 0.3 is 12.0 Å². The first-order chi connectivity index (χ1) is 11.8. The van der Waals surface area contributed by atoms with E-state index < -0.39 is 0 Å². The molecule has 0 radical (unpaired) electrons. The van der Waals surface area contributed by atoms with E-state index in [4.69, 9.17) is 0 Å². The maximum Gasteiger partial charge on any atom is 0.429 e. The lowest BCUT2D eigenvalue weighted by molar-refractivity contribution is 0.196. The molecule has 24 heavy (non-hydrogen) atoms. The number of likely N-dealkylation sites (tertiary alicyclic amines) is 1. The summed E-state index contributed by atoms with van der Waals surface area (Å²) in [5.41, 5.74) is 1.12. The average molecular weight is 325 g/mol. The predicted molar refractivity (Wildman–Crippen MR) is 88.1 cm³/mol. The zero-order valence-corrected chi connectivity index (χ0v) is 13.0. The summed E-state index contributed by atoms with van der Waals surface area (Å²) in [6.07, 6.45) is 9.27. The monoisotopic (exact) mass is 325 g/mol. The second-order valence-electron chi connectivity index (χ2n) is 5.78. The number of amides is 2. The molecule has 0 unspecified atom stereocenters. The van der Waals surface area contributed by atoms with E-state index in [2.05, 4.69) is 35.2 Å². The molecule has 3 aromatic heterocycles. The SMILES string of the molecule is O=C(Nc1ncnc2nc[nH]c12)[N+]1(c2ncccn2)CCCCC1. The number of aromatic nitrogens is 6. The van der Waals surface area contributed by atoms with Gasteiger partial charge in [0, 0.05) is 12.4 Å². The van der Waals surface area contributed by atoms with Crippen LogP contribution in [0.3, 0.4) is 0 Å². The van der Waals surface area contributed by atoms with Crippen molar-refractivity contribution in [3.63, 3.8) is 0 Å². The van der Waals surface area contributed by atoms with Crippen LogP contribution in [0.5, 0.6) is 0 Å². The van der Waals surface area contributed by atoms with Crippen molar-refractivity contribution in [2.75, 3.05) is 18.4 Å². The molecule has 2 N–H and O–H groups in total. The van der Waals surface area contributed by atoms with Crippen molar-refractivity contribution in [2.24, 2.45) is 0 Å². The molecule has 4 rings (SSSR count). The second kappa shape index (κ2) is 5.93. The number of nitrogens with one attached hydrogen (secondary N) is 2. The average Bonchev–Trinajstić information content (AvgIpc) is 3.13. The summed E-state index contributed by atoms with van der Waals surface area (Å²) in [5.74, 6) is 0.936. The number of hydrogen-bond acceptors (Lipinski definition) is 6. The van der Waals surface area contributed by atoms with Crippen molar-refractivity contribution in [3.05, 3.63) is 31.1 Å². The highest BCUT2D eigenvalue weighted by atomic mass is 16.2. The lowest BCUT2D eigenvalue weighted by Gasteiger charge is -2.35. The molecular formula is C15H17N8O+. The number of carbonyl (C=O) groups excluding carboxylic acids is 1. The van der Waals surface area contributed by atoms with E-state index in [9.17, 15) is 4.79 Å². The maximum absolute atomic E-state index is 13.1. The molecule has 9 heteroatoms. The fourth-order valence-electron chi connectivity index (χ4n) is 3.13. The van der Waals surface area contributed by atoms with Crippen LogP contribution < -0.4 is 9.80 Å². The third-order valence-corrected chi connectivity index (χ3v) is 4.35. The lowest BCUT2D eigenvalue weighted by Crippen LogP contribution is -2.60. The number of quaternary nitrogens is 1. The van der Waals surface area contributed by atoms with E-state index in [1.807, 2.05) is 0 Å². The highest BCUT2D eigenvalue weighted by Crippen LogP contribution is 2.27. The number of anilines is 1. The van der Waals surface area contributed by atoms with Gasteiger partial charge in [-0.2, -0.15) is 14.5 Å². The Morgan fingerprint density at radius 2 is 1.83 bits per heavy atom. The van der Waals surface area contributed by atoms with Crippen molar-refractivity contribution in [2.45, 2.75) is 19.3 Å². The molecule has 122 valence electrons. The van der Waals surface area contributed by atoms with Crippen LogP contribution in [-0.4, -0.2) is 49.0 Å². The van der Waals surface area contributed by atoms with Crippen LogP contribution >= 0.6 is 0 Å². The van der Waals surface area contributed by atoms with E-state index >= 15 is 0 Å². The summed E-state index contributed by atoms with van der Waals surface area (Å²) < 4.78 is 0.0838. The summed E-state index contributed by atoms with van der Waals surface area (Å²) in [5, 5.41) is 2.91. The predicted octanol–water partition coefficient (Wildman–Crippen LogP) is 1.87. The smallest absolute Gasteiger partial charge is 0.340 e. The molecule has 1 aliphatic rings. The molecule has 1 saturated heterocycles. The number of imidazole rings is 1. The van der Waals surface area contributed by atoms with Crippen LogP contribution in [0, 0.1) is 0 Å². The number of aromatic amines is 1. The van der Waals surface area contributed by atoms with Gasteiger partial charge in [-0.1, -0.05) is 0 Å². The van der Waals surface area contributed by atoms with Crippen LogP contribution in [0.4, 0.5) is 16.6 Å². The Labute approximate surface area is 137 Å². The molecule has 1 aliphatic heterocycles. The van der Waals surface area contributed by atoms with Crippen molar-refractivity contribution in [1.82, 2.24) is 34.4 Å². The summed E-state index contributed by atoms with van der Waals surface area (Å²) in [7, 11) is 0. The molecule has 2 amide bonds.